The van der Waals surface area contributed by atoms with Gasteiger partial charge < -0.3 is 10.1 Å². The van der Waals surface area contributed by atoms with Crippen LogP contribution in [0, 0.1) is 20.8 Å². The number of ether oxygens (including phenoxy) is 1. The number of halogens is 1. The van der Waals surface area contributed by atoms with Gasteiger partial charge in [-0.1, -0.05) is 23.7 Å². The van der Waals surface area contributed by atoms with E-state index >= 15 is 0 Å². The molecule has 7 nitrogen and oxygen atoms in total. The number of hydrogen-bond acceptors (Lipinski definition) is 5. The molecule has 8 heteroatoms. The van der Waals surface area contributed by atoms with Gasteiger partial charge in [0.1, 0.15) is 17.9 Å². The Morgan fingerprint density at radius 3 is 2.64 bits per heavy atom. The van der Waals surface area contributed by atoms with Crippen molar-refractivity contribution in [3.05, 3.63) is 69.8 Å². The maximum absolute atomic E-state index is 11.6. The summed E-state index contributed by atoms with van der Waals surface area (Å²) in [6, 6.07) is 9.40. The molecular formula is C25H26ClN5O2. The quantitative estimate of drug-likeness (QED) is 0.400. The fraction of sp³-hybridized carbons (Fsp3) is 0.280. The molecule has 33 heavy (non-hydrogen) atoms. The van der Waals surface area contributed by atoms with Crippen LogP contribution in [-0.2, 0) is 11.4 Å². The Morgan fingerprint density at radius 2 is 1.94 bits per heavy atom. The Labute approximate surface area is 197 Å². The molecule has 0 aliphatic heterocycles. The molecule has 0 aliphatic rings. The zero-order valence-electron chi connectivity index (χ0n) is 19.3. The van der Waals surface area contributed by atoms with Gasteiger partial charge in [0, 0.05) is 34.8 Å². The molecule has 2 N–H and O–H groups in total. The zero-order valence-corrected chi connectivity index (χ0v) is 20.0. The molecule has 0 bridgehead atoms. The highest BCUT2D eigenvalue weighted by Gasteiger charge is 2.19. The maximum atomic E-state index is 11.6. The van der Waals surface area contributed by atoms with Crippen LogP contribution in [0.4, 0.5) is 0 Å². The van der Waals surface area contributed by atoms with Gasteiger partial charge in [0.05, 0.1) is 28.6 Å². The van der Waals surface area contributed by atoms with Gasteiger partial charge in [-0.15, -0.1) is 0 Å². The van der Waals surface area contributed by atoms with Crippen LogP contribution >= 0.6 is 11.6 Å². The predicted molar refractivity (Wildman–Crippen MR) is 129 cm³/mol. The first kappa shape index (κ1) is 22.7. The number of nitrogens with one attached hydrogen (secondary N) is 2. The second kappa shape index (κ2) is 9.19. The van der Waals surface area contributed by atoms with Crippen molar-refractivity contribution >= 4 is 28.4 Å². The standard InChI is InChI=1S/C25H26ClN5O2/c1-13-11-27-31-23(13)19-9-14(2)29-25-18(19)7-6-8-22(25)33-12-20-21(26)10-15(3)28-24(20)16(4)30-17(5)32/h6-11,16H,12H2,1-5H3,(H,27,31)(H,30,32). The molecule has 1 atom stereocenters. The van der Waals surface area contributed by atoms with E-state index in [9.17, 15) is 4.79 Å². The summed E-state index contributed by atoms with van der Waals surface area (Å²) in [6.45, 7) is 9.40. The number of hydrogen-bond donors (Lipinski definition) is 2. The number of carbonyl (C=O) groups excluding carboxylic acids is 1. The summed E-state index contributed by atoms with van der Waals surface area (Å²) in [5.74, 6) is 0.508. The average molecular weight is 464 g/mol. The number of nitrogens with zero attached hydrogens (tertiary/aromatic N) is 3. The minimum atomic E-state index is -0.304. The maximum Gasteiger partial charge on any atom is 0.217 e. The Balaban J connectivity index is 1.74. The van der Waals surface area contributed by atoms with Crippen LogP contribution in [0.15, 0.2) is 36.5 Å². The van der Waals surface area contributed by atoms with Gasteiger partial charge in [0.15, 0.2) is 0 Å². The summed E-state index contributed by atoms with van der Waals surface area (Å²) in [5, 5.41) is 11.6. The van der Waals surface area contributed by atoms with Gasteiger partial charge in [0.2, 0.25) is 5.91 Å². The molecule has 1 aromatic carbocycles. The minimum Gasteiger partial charge on any atom is -0.486 e. The number of aryl methyl sites for hydroxylation is 3. The fourth-order valence-electron chi connectivity index (χ4n) is 4.00. The molecule has 0 saturated carbocycles. The molecule has 0 spiro atoms. The molecular weight excluding hydrogens is 438 g/mol. The van der Waals surface area contributed by atoms with E-state index in [-0.39, 0.29) is 18.6 Å². The number of aromatic amines is 1. The summed E-state index contributed by atoms with van der Waals surface area (Å²) in [7, 11) is 0. The monoisotopic (exact) mass is 463 g/mol. The molecule has 0 fully saturated rings. The first-order valence-corrected chi connectivity index (χ1v) is 11.1. The molecule has 0 saturated heterocycles. The molecule has 4 rings (SSSR count). The minimum absolute atomic E-state index is 0.135. The lowest BCUT2D eigenvalue weighted by molar-refractivity contribution is -0.119. The lowest BCUT2D eigenvalue weighted by Gasteiger charge is -2.19. The number of pyridine rings is 2. The van der Waals surface area contributed by atoms with Gasteiger partial charge in [-0.2, -0.15) is 5.10 Å². The van der Waals surface area contributed by atoms with Crippen molar-refractivity contribution in [2.24, 2.45) is 0 Å². The SMILES string of the molecule is CC(=O)NC(C)c1nc(C)cc(Cl)c1COc1cccc2c(-c3[nH]ncc3C)cc(C)nc12. The number of para-hydroxylation sites is 1. The van der Waals surface area contributed by atoms with Gasteiger partial charge in [-0.05, 0) is 51.5 Å². The van der Waals surface area contributed by atoms with Crippen molar-refractivity contribution in [3.63, 3.8) is 0 Å². The van der Waals surface area contributed by atoms with E-state index in [4.69, 9.17) is 21.3 Å². The van der Waals surface area contributed by atoms with E-state index in [0.29, 0.717) is 16.5 Å². The smallest absolute Gasteiger partial charge is 0.217 e. The van der Waals surface area contributed by atoms with Crippen LogP contribution in [0.5, 0.6) is 5.75 Å². The van der Waals surface area contributed by atoms with E-state index in [1.807, 2.05) is 52.0 Å². The first-order valence-electron chi connectivity index (χ1n) is 10.7. The highest BCUT2D eigenvalue weighted by molar-refractivity contribution is 6.31. The summed E-state index contributed by atoms with van der Waals surface area (Å²) in [6.07, 6.45) is 1.81. The number of amides is 1. The third-order valence-corrected chi connectivity index (χ3v) is 5.80. The van der Waals surface area contributed by atoms with E-state index in [0.717, 1.165) is 44.7 Å². The highest BCUT2D eigenvalue weighted by atomic mass is 35.5. The van der Waals surface area contributed by atoms with E-state index in [2.05, 4.69) is 20.5 Å². The fourth-order valence-corrected chi connectivity index (χ4v) is 4.31. The van der Waals surface area contributed by atoms with Gasteiger partial charge in [-0.25, -0.2) is 4.98 Å². The second-order valence-corrected chi connectivity index (χ2v) is 8.62. The van der Waals surface area contributed by atoms with Crippen molar-refractivity contribution in [2.75, 3.05) is 0 Å². The molecule has 1 amide bonds. The molecule has 3 heterocycles. The number of rotatable bonds is 6. The van der Waals surface area contributed by atoms with Crippen LogP contribution in [-0.4, -0.2) is 26.1 Å². The van der Waals surface area contributed by atoms with E-state index in [1.165, 1.54) is 6.92 Å². The lowest BCUT2D eigenvalue weighted by Crippen LogP contribution is -2.26. The van der Waals surface area contributed by atoms with E-state index in [1.54, 1.807) is 12.3 Å². The number of benzene rings is 1. The Morgan fingerprint density at radius 1 is 1.18 bits per heavy atom. The summed E-state index contributed by atoms with van der Waals surface area (Å²) < 4.78 is 6.25. The van der Waals surface area contributed by atoms with Crippen LogP contribution in [0.3, 0.4) is 0 Å². The summed E-state index contributed by atoms with van der Waals surface area (Å²) >= 11 is 6.58. The molecule has 1 unspecified atom stereocenters. The molecule has 170 valence electrons. The van der Waals surface area contributed by atoms with Gasteiger partial charge >= 0.3 is 0 Å². The number of aromatic nitrogens is 4. The van der Waals surface area contributed by atoms with Crippen LogP contribution in [0.2, 0.25) is 5.02 Å². The van der Waals surface area contributed by atoms with Gasteiger partial charge in [0.25, 0.3) is 0 Å². The van der Waals surface area contributed by atoms with Crippen molar-refractivity contribution in [1.29, 1.82) is 0 Å². The van der Waals surface area contributed by atoms with Crippen LogP contribution < -0.4 is 10.1 Å². The average Bonchev–Trinajstić information content (AvgIpc) is 3.17. The van der Waals surface area contributed by atoms with Crippen molar-refractivity contribution in [2.45, 2.75) is 47.3 Å². The first-order chi connectivity index (χ1) is 15.7. The molecule has 0 radical (unpaired) electrons. The number of fused-ring (bicyclic) bond motifs is 1. The number of H-pyrrole nitrogens is 1. The molecule has 0 aliphatic carbocycles. The second-order valence-electron chi connectivity index (χ2n) is 8.21. The lowest BCUT2D eigenvalue weighted by atomic mass is 10.0. The zero-order chi connectivity index (χ0) is 23.7. The molecule has 3 aromatic heterocycles. The van der Waals surface area contributed by atoms with Crippen molar-refractivity contribution in [1.82, 2.24) is 25.5 Å². The van der Waals surface area contributed by atoms with Crippen LogP contribution in [0.1, 0.15) is 48.1 Å². The predicted octanol–water partition coefficient (Wildman–Crippen LogP) is 5.37. The third-order valence-electron chi connectivity index (χ3n) is 5.46. The van der Waals surface area contributed by atoms with Crippen molar-refractivity contribution in [3.8, 4) is 17.0 Å². The normalized spacial score (nSPS) is 12.1. The Hall–Kier alpha value is -3.45. The molecule has 4 aromatic rings. The van der Waals surface area contributed by atoms with Crippen LogP contribution in [0.25, 0.3) is 22.2 Å². The van der Waals surface area contributed by atoms with Gasteiger partial charge in [-0.3, -0.25) is 14.9 Å². The summed E-state index contributed by atoms with van der Waals surface area (Å²) in [5.41, 5.74) is 6.87. The topological polar surface area (TPSA) is 92.8 Å². The van der Waals surface area contributed by atoms with Crippen molar-refractivity contribution < 1.29 is 9.53 Å². The Bertz CT molecular complexity index is 1350. The number of carbonyl (C=O) groups is 1. The Kier molecular flexibility index (Phi) is 6.33. The third kappa shape index (κ3) is 4.68. The summed E-state index contributed by atoms with van der Waals surface area (Å²) in [4.78, 5) is 21.0. The van der Waals surface area contributed by atoms with E-state index < -0.39 is 0 Å². The largest absolute Gasteiger partial charge is 0.486 e. The highest BCUT2D eigenvalue weighted by Crippen LogP contribution is 2.34.